The van der Waals surface area contributed by atoms with Crippen LogP contribution in [0.4, 0.5) is 5.13 Å². The average molecular weight is 288 g/mol. The van der Waals surface area contributed by atoms with Crippen molar-refractivity contribution in [3.63, 3.8) is 0 Å². The number of anilines is 1. The Kier molecular flexibility index (Phi) is 4.47. The zero-order valence-electron chi connectivity index (χ0n) is 10.4. The van der Waals surface area contributed by atoms with Crippen LogP contribution in [-0.4, -0.2) is 47.8 Å². The molecule has 0 bridgehead atoms. The third-order valence-corrected chi connectivity index (χ3v) is 5.24. The number of rotatable bonds is 5. The Balaban J connectivity index is 2.22. The monoisotopic (exact) mass is 288 g/mol. The molecule has 0 amide bonds. The second-order valence-electron chi connectivity index (χ2n) is 4.14. The Morgan fingerprint density at radius 1 is 1.67 bits per heavy atom. The van der Waals surface area contributed by atoms with Crippen LogP contribution in [0.25, 0.3) is 0 Å². The minimum atomic E-state index is -0.931. The molecule has 1 aromatic rings. The lowest BCUT2D eigenvalue weighted by Gasteiger charge is -2.22. The van der Waals surface area contributed by atoms with Crippen LogP contribution in [-0.2, 0) is 11.3 Å². The standard InChI is InChI=1S/C11H16N2O3S2/c1-13(7-3-4-17-6-7)11-12-8(5-16-2)9(18-11)10(14)15/h7H,3-6H2,1-2H3,(H,14,15). The summed E-state index contributed by atoms with van der Waals surface area (Å²) in [5, 5.41) is 9.92. The second kappa shape index (κ2) is 5.90. The average Bonchev–Trinajstić information content (AvgIpc) is 2.97. The Bertz CT molecular complexity index is 430. The van der Waals surface area contributed by atoms with Crippen LogP contribution >= 0.6 is 23.1 Å². The number of thiazole rings is 1. The van der Waals surface area contributed by atoms with Gasteiger partial charge in [-0.15, -0.1) is 0 Å². The first-order valence-electron chi connectivity index (χ1n) is 5.66. The van der Waals surface area contributed by atoms with Crippen molar-refractivity contribution in [2.24, 2.45) is 0 Å². The first-order valence-corrected chi connectivity index (χ1v) is 7.63. The van der Waals surface area contributed by atoms with Crippen LogP contribution < -0.4 is 4.90 Å². The van der Waals surface area contributed by atoms with Gasteiger partial charge in [0.2, 0.25) is 0 Å². The van der Waals surface area contributed by atoms with Crippen LogP contribution in [0, 0.1) is 0 Å². The number of methoxy groups -OCH3 is 1. The third kappa shape index (κ3) is 2.78. The first-order chi connectivity index (χ1) is 8.63. The van der Waals surface area contributed by atoms with Gasteiger partial charge in [0.25, 0.3) is 0 Å². The van der Waals surface area contributed by atoms with Gasteiger partial charge < -0.3 is 14.7 Å². The number of carbonyl (C=O) groups is 1. The van der Waals surface area contributed by atoms with Crippen molar-refractivity contribution >= 4 is 34.2 Å². The molecule has 0 aromatic carbocycles. The quantitative estimate of drug-likeness (QED) is 0.893. The van der Waals surface area contributed by atoms with Crippen molar-refractivity contribution in [3.05, 3.63) is 10.6 Å². The van der Waals surface area contributed by atoms with E-state index < -0.39 is 5.97 Å². The highest BCUT2D eigenvalue weighted by molar-refractivity contribution is 7.99. The highest BCUT2D eigenvalue weighted by Crippen LogP contribution is 2.31. The lowest BCUT2D eigenvalue weighted by atomic mass is 10.2. The summed E-state index contributed by atoms with van der Waals surface area (Å²) < 4.78 is 5.00. The van der Waals surface area contributed by atoms with E-state index in [2.05, 4.69) is 9.88 Å². The highest BCUT2D eigenvalue weighted by atomic mass is 32.2. The summed E-state index contributed by atoms with van der Waals surface area (Å²) in [6.45, 7) is 0.241. The van der Waals surface area contributed by atoms with Crippen molar-refractivity contribution in [1.29, 1.82) is 0 Å². The number of thioether (sulfide) groups is 1. The van der Waals surface area contributed by atoms with Gasteiger partial charge >= 0.3 is 5.97 Å². The number of ether oxygens (including phenoxy) is 1. The third-order valence-electron chi connectivity index (χ3n) is 2.92. The van der Waals surface area contributed by atoms with Gasteiger partial charge in [0.05, 0.1) is 12.3 Å². The summed E-state index contributed by atoms with van der Waals surface area (Å²) >= 11 is 3.16. The number of nitrogens with zero attached hydrogens (tertiary/aromatic N) is 2. The van der Waals surface area contributed by atoms with E-state index in [0.29, 0.717) is 11.7 Å². The molecule has 0 saturated carbocycles. The van der Waals surface area contributed by atoms with Gasteiger partial charge in [0.15, 0.2) is 5.13 Å². The largest absolute Gasteiger partial charge is 0.477 e. The summed E-state index contributed by atoms with van der Waals surface area (Å²) in [7, 11) is 3.53. The van der Waals surface area contributed by atoms with E-state index in [9.17, 15) is 4.79 Å². The maximum Gasteiger partial charge on any atom is 0.347 e. The first kappa shape index (κ1) is 13.6. The maximum atomic E-state index is 11.1. The summed E-state index contributed by atoms with van der Waals surface area (Å²) in [5.74, 6) is 1.31. The van der Waals surface area contributed by atoms with Crippen molar-refractivity contribution < 1.29 is 14.6 Å². The molecule has 1 aliphatic heterocycles. The molecule has 0 radical (unpaired) electrons. The minimum Gasteiger partial charge on any atom is -0.477 e. The van der Waals surface area contributed by atoms with Crippen LogP contribution in [0.1, 0.15) is 21.8 Å². The van der Waals surface area contributed by atoms with Crippen LogP contribution in [0.5, 0.6) is 0 Å². The van der Waals surface area contributed by atoms with E-state index in [1.807, 2.05) is 18.8 Å². The Morgan fingerprint density at radius 3 is 3.00 bits per heavy atom. The molecule has 2 rings (SSSR count). The number of hydrogen-bond acceptors (Lipinski definition) is 6. The molecule has 1 aliphatic rings. The number of aromatic carboxylic acids is 1. The Morgan fingerprint density at radius 2 is 2.44 bits per heavy atom. The fourth-order valence-corrected chi connectivity index (χ4v) is 4.08. The van der Waals surface area contributed by atoms with Crippen molar-refractivity contribution in [2.75, 3.05) is 30.6 Å². The highest BCUT2D eigenvalue weighted by Gasteiger charge is 2.25. The van der Waals surface area contributed by atoms with Crippen LogP contribution in [0.3, 0.4) is 0 Å². The topological polar surface area (TPSA) is 62.7 Å². The number of aromatic nitrogens is 1. The minimum absolute atomic E-state index is 0.241. The van der Waals surface area contributed by atoms with E-state index in [-0.39, 0.29) is 11.5 Å². The molecular formula is C11H16N2O3S2. The van der Waals surface area contributed by atoms with Crippen LogP contribution in [0.15, 0.2) is 0 Å². The number of carboxylic acids is 1. The van der Waals surface area contributed by atoms with Crippen molar-refractivity contribution in [1.82, 2.24) is 4.98 Å². The van der Waals surface area contributed by atoms with Crippen LogP contribution in [0.2, 0.25) is 0 Å². The number of carboxylic acid groups (broad SMARTS) is 1. The molecule has 1 aromatic heterocycles. The summed E-state index contributed by atoms with van der Waals surface area (Å²) in [4.78, 5) is 17.9. The molecule has 1 unspecified atom stereocenters. The van der Waals surface area contributed by atoms with E-state index in [4.69, 9.17) is 9.84 Å². The van der Waals surface area contributed by atoms with Gasteiger partial charge in [0, 0.05) is 26.0 Å². The van der Waals surface area contributed by atoms with E-state index in [1.165, 1.54) is 11.3 Å². The SMILES string of the molecule is COCc1nc(N(C)C2CCSC2)sc1C(=O)O. The van der Waals surface area contributed by atoms with E-state index in [0.717, 1.165) is 23.1 Å². The molecule has 1 N–H and O–H groups in total. The molecule has 7 heteroatoms. The van der Waals surface area contributed by atoms with Gasteiger partial charge in [-0.1, -0.05) is 11.3 Å². The second-order valence-corrected chi connectivity index (χ2v) is 6.27. The Hall–Kier alpha value is -0.790. The van der Waals surface area contributed by atoms with E-state index in [1.54, 1.807) is 7.11 Å². The molecular weight excluding hydrogens is 272 g/mol. The Labute approximate surface area is 114 Å². The van der Waals surface area contributed by atoms with Gasteiger partial charge in [-0.2, -0.15) is 11.8 Å². The molecule has 0 spiro atoms. The van der Waals surface area contributed by atoms with Crippen molar-refractivity contribution in [3.8, 4) is 0 Å². The molecule has 1 fully saturated rings. The molecule has 18 heavy (non-hydrogen) atoms. The zero-order chi connectivity index (χ0) is 13.1. The molecule has 0 aliphatic carbocycles. The fourth-order valence-electron chi connectivity index (χ4n) is 1.88. The van der Waals surface area contributed by atoms with Gasteiger partial charge in [-0.05, 0) is 12.2 Å². The number of hydrogen-bond donors (Lipinski definition) is 1. The normalized spacial score (nSPS) is 19.1. The molecule has 1 atom stereocenters. The molecule has 2 heterocycles. The molecule has 5 nitrogen and oxygen atoms in total. The van der Waals surface area contributed by atoms with Gasteiger partial charge in [-0.3, -0.25) is 0 Å². The maximum absolute atomic E-state index is 11.1. The van der Waals surface area contributed by atoms with E-state index >= 15 is 0 Å². The lowest BCUT2D eigenvalue weighted by Crippen LogP contribution is -2.31. The van der Waals surface area contributed by atoms with Crippen molar-refractivity contribution in [2.45, 2.75) is 19.1 Å². The summed E-state index contributed by atoms with van der Waals surface area (Å²) in [6, 6.07) is 0.457. The summed E-state index contributed by atoms with van der Waals surface area (Å²) in [6.07, 6.45) is 1.13. The lowest BCUT2D eigenvalue weighted by molar-refractivity contribution is 0.0697. The molecule has 1 saturated heterocycles. The van der Waals surface area contributed by atoms with Gasteiger partial charge in [0.1, 0.15) is 4.88 Å². The smallest absolute Gasteiger partial charge is 0.347 e. The summed E-state index contributed by atoms with van der Waals surface area (Å²) in [5.41, 5.74) is 0.516. The zero-order valence-corrected chi connectivity index (χ0v) is 12.0. The predicted octanol–water partition coefficient (Wildman–Crippen LogP) is 1.93. The van der Waals surface area contributed by atoms with Gasteiger partial charge in [-0.25, -0.2) is 9.78 Å². The molecule has 100 valence electrons. The fraction of sp³-hybridized carbons (Fsp3) is 0.636. The predicted molar refractivity (Wildman–Crippen MR) is 73.9 cm³/mol.